The van der Waals surface area contributed by atoms with E-state index in [2.05, 4.69) is 10.9 Å². The summed E-state index contributed by atoms with van der Waals surface area (Å²) >= 11 is 0. The number of hydrogen-bond donors (Lipinski definition) is 2. The SMILES string of the molecule is O=C(NNC(=O)c1cc[n+]([O-])cc1)c1ccccc1. The van der Waals surface area contributed by atoms with Gasteiger partial charge in [0, 0.05) is 17.7 Å². The van der Waals surface area contributed by atoms with Gasteiger partial charge in [-0.3, -0.25) is 20.4 Å². The lowest BCUT2D eigenvalue weighted by atomic mass is 10.2. The predicted octanol–water partition coefficient (Wildman–Crippen LogP) is 0.395. The molecule has 0 fully saturated rings. The minimum Gasteiger partial charge on any atom is -0.619 e. The van der Waals surface area contributed by atoms with Crippen molar-refractivity contribution in [1.29, 1.82) is 0 Å². The highest BCUT2D eigenvalue weighted by Gasteiger charge is 2.09. The molecule has 2 amide bonds. The van der Waals surface area contributed by atoms with Crippen LogP contribution in [0.4, 0.5) is 0 Å². The van der Waals surface area contributed by atoms with Gasteiger partial charge >= 0.3 is 0 Å². The molecule has 2 aromatic rings. The fourth-order valence-electron chi connectivity index (χ4n) is 1.41. The van der Waals surface area contributed by atoms with Crippen molar-refractivity contribution in [2.75, 3.05) is 0 Å². The van der Waals surface area contributed by atoms with Gasteiger partial charge in [0.05, 0.1) is 5.56 Å². The molecule has 96 valence electrons. The number of pyridine rings is 1. The van der Waals surface area contributed by atoms with Crippen LogP contribution in [0.15, 0.2) is 54.9 Å². The second-order valence-electron chi connectivity index (χ2n) is 3.72. The van der Waals surface area contributed by atoms with Gasteiger partial charge < -0.3 is 5.21 Å². The standard InChI is InChI=1S/C13H11N3O3/c17-12(10-4-2-1-3-5-10)14-15-13(18)11-6-8-16(19)9-7-11/h1-9H,(H,14,17)(H,15,18). The monoisotopic (exact) mass is 257 g/mol. The number of hydrogen-bond acceptors (Lipinski definition) is 3. The van der Waals surface area contributed by atoms with Crippen LogP contribution >= 0.6 is 0 Å². The predicted molar refractivity (Wildman–Crippen MR) is 66.8 cm³/mol. The van der Waals surface area contributed by atoms with E-state index in [1.54, 1.807) is 30.3 Å². The Labute approximate surface area is 109 Å². The number of aromatic nitrogens is 1. The van der Waals surface area contributed by atoms with E-state index < -0.39 is 11.8 Å². The number of nitrogens with zero attached hydrogens (tertiary/aromatic N) is 1. The van der Waals surface area contributed by atoms with Gasteiger partial charge in [0.15, 0.2) is 12.4 Å². The fraction of sp³-hybridized carbons (Fsp3) is 0. The van der Waals surface area contributed by atoms with E-state index in [1.807, 2.05) is 0 Å². The first-order valence-electron chi connectivity index (χ1n) is 5.51. The second-order valence-corrected chi connectivity index (χ2v) is 3.72. The maximum atomic E-state index is 11.7. The normalized spacial score (nSPS) is 9.68. The molecule has 0 spiro atoms. The van der Waals surface area contributed by atoms with E-state index >= 15 is 0 Å². The second kappa shape index (κ2) is 5.63. The smallest absolute Gasteiger partial charge is 0.270 e. The first-order valence-corrected chi connectivity index (χ1v) is 5.51. The number of carbonyl (C=O) groups excluding carboxylic acids is 2. The number of carbonyl (C=O) groups is 2. The Hall–Kier alpha value is -2.89. The molecule has 0 unspecified atom stereocenters. The largest absolute Gasteiger partial charge is 0.619 e. The van der Waals surface area contributed by atoms with Crippen molar-refractivity contribution in [3.63, 3.8) is 0 Å². The first-order chi connectivity index (χ1) is 9.16. The summed E-state index contributed by atoms with van der Waals surface area (Å²) in [7, 11) is 0. The van der Waals surface area contributed by atoms with Crippen LogP contribution in [0.3, 0.4) is 0 Å². The van der Waals surface area contributed by atoms with E-state index in [0.717, 1.165) is 0 Å². The molecule has 1 heterocycles. The van der Waals surface area contributed by atoms with Crippen LogP contribution in [-0.2, 0) is 0 Å². The number of amides is 2. The first kappa shape index (κ1) is 12.6. The van der Waals surface area contributed by atoms with Gasteiger partial charge in [0.1, 0.15) is 0 Å². The van der Waals surface area contributed by atoms with E-state index in [9.17, 15) is 14.8 Å². The van der Waals surface area contributed by atoms with E-state index in [1.165, 1.54) is 24.5 Å². The summed E-state index contributed by atoms with van der Waals surface area (Å²) in [5.41, 5.74) is 5.27. The highest BCUT2D eigenvalue weighted by molar-refractivity contribution is 5.98. The van der Waals surface area contributed by atoms with Gasteiger partial charge in [0.2, 0.25) is 0 Å². The Morgan fingerprint density at radius 2 is 1.32 bits per heavy atom. The highest BCUT2D eigenvalue weighted by Crippen LogP contribution is 1.97. The average molecular weight is 257 g/mol. The molecule has 0 aliphatic heterocycles. The van der Waals surface area contributed by atoms with Gasteiger partial charge in [-0.2, -0.15) is 4.73 Å². The maximum absolute atomic E-state index is 11.7. The highest BCUT2D eigenvalue weighted by atomic mass is 16.5. The van der Waals surface area contributed by atoms with Crippen molar-refractivity contribution in [3.8, 4) is 0 Å². The Morgan fingerprint density at radius 3 is 1.84 bits per heavy atom. The molecule has 0 saturated carbocycles. The molecule has 1 aromatic heterocycles. The lowest BCUT2D eigenvalue weighted by Gasteiger charge is -2.07. The number of hydrazine groups is 1. The van der Waals surface area contributed by atoms with Crippen LogP contribution in [0.2, 0.25) is 0 Å². The molecule has 2 N–H and O–H groups in total. The van der Waals surface area contributed by atoms with E-state index in [-0.39, 0.29) is 5.56 Å². The summed E-state index contributed by atoms with van der Waals surface area (Å²) in [5.74, 6) is -0.909. The third kappa shape index (κ3) is 3.29. The van der Waals surface area contributed by atoms with Gasteiger partial charge in [-0.25, -0.2) is 0 Å². The van der Waals surface area contributed by atoms with Crippen molar-refractivity contribution < 1.29 is 14.3 Å². The Bertz CT molecular complexity index is 582. The molecule has 1 aromatic carbocycles. The topological polar surface area (TPSA) is 85.1 Å². The van der Waals surface area contributed by atoms with Crippen molar-refractivity contribution in [2.24, 2.45) is 0 Å². The zero-order valence-corrected chi connectivity index (χ0v) is 9.87. The fourth-order valence-corrected chi connectivity index (χ4v) is 1.41. The summed E-state index contributed by atoms with van der Waals surface area (Å²) in [6.07, 6.45) is 2.40. The van der Waals surface area contributed by atoms with Crippen LogP contribution in [-0.4, -0.2) is 11.8 Å². The van der Waals surface area contributed by atoms with Crippen LogP contribution in [0.5, 0.6) is 0 Å². The zero-order chi connectivity index (χ0) is 13.7. The average Bonchev–Trinajstić information content (AvgIpc) is 2.46. The van der Waals surface area contributed by atoms with Crippen molar-refractivity contribution >= 4 is 11.8 Å². The third-order valence-electron chi connectivity index (χ3n) is 2.39. The molecule has 6 heteroatoms. The zero-order valence-electron chi connectivity index (χ0n) is 9.87. The quantitative estimate of drug-likeness (QED) is 0.464. The van der Waals surface area contributed by atoms with Crippen LogP contribution in [0.1, 0.15) is 20.7 Å². The molecule has 19 heavy (non-hydrogen) atoms. The Morgan fingerprint density at radius 1 is 0.842 bits per heavy atom. The Balaban J connectivity index is 1.94. The van der Waals surface area contributed by atoms with Gasteiger partial charge in [-0.05, 0) is 12.1 Å². The summed E-state index contributed by atoms with van der Waals surface area (Å²) in [4.78, 5) is 23.3. The minimum atomic E-state index is -0.495. The molecule has 0 aliphatic rings. The number of benzene rings is 1. The molecule has 0 radical (unpaired) electrons. The van der Waals surface area contributed by atoms with E-state index in [0.29, 0.717) is 10.3 Å². The molecule has 6 nitrogen and oxygen atoms in total. The minimum absolute atomic E-state index is 0.278. The van der Waals surface area contributed by atoms with Gasteiger partial charge in [0.25, 0.3) is 11.8 Å². The van der Waals surface area contributed by atoms with Crippen LogP contribution in [0.25, 0.3) is 0 Å². The van der Waals surface area contributed by atoms with E-state index in [4.69, 9.17) is 0 Å². The molecular formula is C13H11N3O3. The Kier molecular flexibility index (Phi) is 3.72. The van der Waals surface area contributed by atoms with Crippen LogP contribution in [0, 0.1) is 5.21 Å². The lowest BCUT2D eigenvalue weighted by molar-refractivity contribution is -0.605. The van der Waals surface area contributed by atoms with Crippen molar-refractivity contribution in [3.05, 3.63) is 71.2 Å². The molecular weight excluding hydrogens is 246 g/mol. The number of nitrogens with one attached hydrogen (secondary N) is 2. The summed E-state index contributed by atoms with van der Waals surface area (Å²) in [6, 6.07) is 11.2. The maximum Gasteiger partial charge on any atom is 0.270 e. The molecule has 0 saturated heterocycles. The summed E-state index contributed by atoms with van der Waals surface area (Å²) in [5, 5.41) is 10.8. The molecule has 0 bridgehead atoms. The summed E-state index contributed by atoms with van der Waals surface area (Å²) in [6.45, 7) is 0. The lowest BCUT2D eigenvalue weighted by Crippen LogP contribution is -2.41. The molecule has 0 aliphatic carbocycles. The third-order valence-corrected chi connectivity index (χ3v) is 2.39. The van der Waals surface area contributed by atoms with Crippen LogP contribution < -0.4 is 15.6 Å². The van der Waals surface area contributed by atoms with Crippen molar-refractivity contribution in [1.82, 2.24) is 10.9 Å². The van der Waals surface area contributed by atoms with Crippen molar-refractivity contribution in [2.45, 2.75) is 0 Å². The van der Waals surface area contributed by atoms with Gasteiger partial charge in [-0.15, -0.1) is 0 Å². The molecule has 0 atom stereocenters. The number of rotatable bonds is 2. The summed E-state index contributed by atoms with van der Waals surface area (Å²) < 4.78 is 0.569. The molecule has 2 rings (SSSR count). The van der Waals surface area contributed by atoms with Gasteiger partial charge in [-0.1, -0.05) is 18.2 Å².